The minimum atomic E-state index is -0.296. The van der Waals surface area contributed by atoms with Gasteiger partial charge in [0.2, 0.25) is 0 Å². The summed E-state index contributed by atoms with van der Waals surface area (Å²) in [5.74, 6) is 0.458. The van der Waals surface area contributed by atoms with Crippen LogP contribution in [0.15, 0.2) is 18.2 Å². The number of hydrogen-bond donors (Lipinski definition) is 0. The van der Waals surface area contributed by atoms with Crippen molar-refractivity contribution in [1.29, 1.82) is 0 Å². The van der Waals surface area contributed by atoms with Crippen LogP contribution in [0.2, 0.25) is 0 Å². The van der Waals surface area contributed by atoms with Crippen LogP contribution >= 0.6 is 0 Å². The summed E-state index contributed by atoms with van der Waals surface area (Å²) >= 11 is 0. The molecule has 2 aromatic rings. The second-order valence-electron chi connectivity index (χ2n) is 4.94. The summed E-state index contributed by atoms with van der Waals surface area (Å²) < 4.78 is 18.0. The Kier molecular flexibility index (Phi) is 5.44. The van der Waals surface area contributed by atoms with Gasteiger partial charge < -0.3 is 18.8 Å². The van der Waals surface area contributed by atoms with Crippen LogP contribution in [0, 0.1) is 6.92 Å². The van der Waals surface area contributed by atoms with Crippen LogP contribution in [0.4, 0.5) is 0 Å². The molecule has 5 nitrogen and oxygen atoms in total. The summed E-state index contributed by atoms with van der Waals surface area (Å²) in [4.78, 5) is 12.3. The van der Waals surface area contributed by atoms with Crippen molar-refractivity contribution in [2.24, 2.45) is 0 Å². The SMILES string of the molecule is CCOC(=O)c1c(C)n(CCOC)c2ccc(OCC)cc12. The first-order chi connectivity index (χ1) is 10.6. The molecule has 0 fully saturated rings. The number of esters is 1. The highest BCUT2D eigenvalue weighted by Crippen LogP contribution is 2.30. The first kappa shape index (κ1) is 16.4. The molecule has 2 rings (SSSR count). The number of fused-ring (bicyclic) bond motifs is 1. The fraction of sp³-hybridized carbons (Fsp3) is 0.471. The first-order valence-electron chi connectivity index (χ1n) is 7.55. The Balaban J connectivity index is 2.60. The van der Waals surface area contributed by atoms with Crippen LogP contribution in [0.25, 0.3) is 10.9 Å². The summed E-state index contributed by atoms with van der Waals surface area (Å²) in [7, 11) is 1.67. The van der Waals surface area contributed by atoms with E-state index in [2.05, 4.69) is 4.57 Å². The Morgan fingerprint density at radius 3 is 2.64 bits per heavy atom. The molecule has 0 bridgehead atoms. The topological polar surface area (TPSA) is 49.7 Å². The average Bonchev–Trinajstić information content (AvgIpc) is 2.77. The monoisotopic (exact) mass is 305 g/mol. The largest absolute Gasteiger partial charge is 0.494 e. The molecule has 0 aliphatic heterocycles. The Labute approximate surface area is 130 Å². The lowest BCUT2D eigenvalue weighted by Gasteiger charge is -2.08. The zero-order chi connectivity index (χ0) is 16.1. The van der Waals surface area contributed by atoms with E-state index >= 15 is 0 Å². The number of carbonyl (C=O) groups is 1. The second kappa shape index (κ2) is 7.31. The molecule has 1 aromatic carbocycles. The third-order valence-electron chi connectivity index (χ3n) is 3.60. The van der Waals surface area contributed by atoms with Crippen molar-refractivity contribution in [3.63, 3.8) is 0 Å². The van der Waals surface area contributed by atoms with E-state index in [-0.39, 0.29) is 5.97 Å². The Bertz CT molecular complexity index is 660. The van der Waals surface area contributed by atoms with Gasteiger partial charge in [-0.15, -0.1) is 0 Å². The van der Waals surface area contributed by atoms with Gasteiger partial charge in [-0.05, 0) is 39.0 Å². The molecule has 1 aromatic heterocycles. The lowest BCUT2D eigenvalue weighted by Crippen LogP contribution is -2.09. The van der Waals surface area contributed by atoms with Crippen molar-refractivity contribution >= 4 is 16.9 Å². The quantitative estimate of drug-likeness (QED) is 0.737. The fourth-order valence-electron chi connectivity index (χ4n) is 2.65. The smallest absolute Gasteiger partial charge is 0.340 e. The Morgan fingerprint density at radius 2 is 2.00 bits per heavy atom. The molecule has 0 amide bonds. The molecule has 5 heteroatoms. The van der Waals surface area contributed by atoms with Gasteiger partial charge in [-0.25, -0.2) is 4.79 Å². The van der Waals surface area contributed by atoms with Gasteiger partial charge in [0.25, 0.3) is 0 Å². The van der Waals surface area contributed by atoms with E-state index in [1.165, 1.54) is 0 Å². The molecule has 0 aliphatic rings. The van der Waals surface area contributed by atoms with Gasteiger partial charge in [-0.2, -0.15) is 0 Å². The highest BCUT2D eigenvalue weighted by Gasteiger charge is 2.21. The molecular formula is C17H23NO4. The molecule has 1 heterocycles. The Morgan fingerprint density at radius 1 is 1.23 bits per heavy atom. The minimum Gasteiger partial charge on any atom is -0.494 e. The first-order valence-corrected chi connectivity index (χ1v) is 7.55. The van der Waals surface area contributed by atoms with Crippen molar-refractivity contribution in [3.05, 3.63) is 29.5 Å². The third kappa shape index (κ3) is 3.09. The molecule has 0 saturated heterocycles. The standard InChI is InChI=1S/C17H23NO4/c1-5-21-13-7-8-15-14(11-13)16(17(19)22-6-2)12(3)18(15)9-10-20-4/h7-8,11H,5-6,9-10H2,1-4H3. The minimum absolute atomic E-state index is 0.296. The molecule has 0 saturated carbocycles. The molecule has 0 spiro atoms. The van der Waals surface area contributed by atoms with Crippen molar-refractivity contribution in [1.82, 2.24) is 4.57 Å². The summed E-state index contributed by atoms with van der Waals surface area (Å²) in [6.45, 7) is 7.89. The molecule has 120 valence electrons. The van der Waals surface area contributed by atoms with Gasteiger partial charge in [-0.1, -0.05) is 0 Å². The maximum Gasteiger partial charge on any atom is 0.340 e. The van der Waals surface area contributed by atoms with Crippen molar-refractivity contribution in [2.75, 3.05) is 26.9 Å². The summed E-state index contributed by atoms with van der Waals surface area (Å²) in [6.07, 6.45) is 0. The van der Waals surface area contributed by atoms with E-state index in [1.807, 2.05) is 39.0 Å². The van der Waals surface area contributed by atoms with Crippen LogP contribution in [0.5, 0.6) is 5.75 Å². The summed E-state index contributed by atoms with van der Waals surface area (Å²) in [6, 6.07) is 5.80. The highest BCUT2D eigenvalue weighted by atomic mass is 16.5. The zero-order valence-corrected chi connectivity index (χ0v) is 13.6. The van der Waals surface area contributed by atoms with Gasteiger partial charge in [0.1, 0.15) is 5.75 Å². The van der Waals surface area contributed by atoms with E-state index < -0.39 is 0 Å². The Hall–Kier alpha value is -2.01. The van der Waals surface area contributed by atoms with E-state index in [0.717, 1.165) is 22.3 Å². The number of hydrogen-bond acceptors (Lipinski definition) is 4. The van der Waals surface area contributed by atoms with Crippen LogP contribution in [-0.4, -0.2) is 37.5 Å². The van der Waals surface area contributed by atoms with E-state index in [4.69, 9.17) is 14.2 Å². The number of carbonyl (C=O) groups excluding carboxylic acids is 1. The third-order valence-corrected chi connectivity index (χ3v) is 3.60. The van der Waals surface area contributed by atoms with Crippen molar-refractivity contribution in [2.45, 2.75) is 27.3 Å². The number of benzene rings is 1. The lowest BCUT2D eigenvalue weighted by atomic mass is 10.1. The molecule has 0 atom stereocenters. The van der Waals surface area contributed by atoms with Gasteiger partial charge in [0, 0.05) is 30.3 Å². The zero-order valence-electron chi connectivity index (χ0n) is 13.6. The number of methoxy groups -OCH3 is 1. The predicted molar refractivity (Wildman–Crippen MR) is 85.7 cm³/mol. The lowest BCUT2D eigenvalue weighted by molar-refractivity contribution is 0.0527. The van der Waals surface area contributed by atoms with E-state index in [1.54, 1.807) is 7.11 Å². The van der Waals surface area contributed by atoms with Crippen LogP contribution in [-0.2, 0) is 16.0 Å². The second-order valence-corrected chi connectivity index (χ2v) is 4.94. The summed E-state index contributed by atoms with van der Waals surface area (Å²) in [5, 5.41) is 0.859. The molecule has 0 N–H and O–H groups in total. The molecule has 0 unspecified atom stereocenters. The van der Waals surface area contributed by atoms with Gasteiger partial charge in [-0.3, -0.25) is 0 Å². The molecule has 0 aliphatic carbocycles. The van der Waals surface area contributed by atoms with E-state index in [9.17, 15) is 4.79 Å². The number of ether oxygens (including phenoxy) is 3. The molecule has 22 heavy (non-hydrogen) atoms. The van der Waals surface area contributed by atoms with E-state index in [0.29, 0.717) is 31.9 Å². The summed E-state index contributed by atoms with van der Waals surface area (Å²) in [5.41, 5.74) is 2.48. The number of aromatic nitrogens is 1. The van der Waals surface area contributed by atoms with Gasteiger partial charge in [0.15, 0.2) is 0 Å². The van der Waals surface area contributed by atoms with Crippen LogP contribution < -0.4 is 4.74 Å². The van der Waals surface area contributed by atoms with Crippen LogP contribution in [0.3, 0.4) is 0 Å². The predicted octanol–water partition coefficient (Wildman–Crippen LogP) is 3.17. The number of nitrogens with zero attached hydrogens (tertiary/aromatic N) is 1. The van der Waals surface area contributed by atoms with Crippen molar-refractivity contribution < 1.29 is 19.0 Å². The average molecular weight is 305 g/mol. The van der Waals surface area contributed by atoms with Crippen molar-refractivity contribution in [3.8, 4) is 5.75 Å². The van der Waals surface area contributed by atoms with Crippen LogP contribution in [0.1, 0.15) is 29.9 Å². The molecule has 0 radical (unpaired) electrons. The normalized spacial score (nSPS) is 10.9. The fourth-order valence-corrected chi connectivity index (χ4v) is 2.65. The molecular weight excluding hydrogens is 282 g/mol. The highest BCUT2D eigenvalue weighted by molar-refractivity contribution is 6.06. The maximum absolute atomic E-state index is 12.3. The maximum atomic E-state index is 12.3. The number of rotatable bonds is 7. The van der Waals surface area contributed by atoms with Gasteiger partial charge in [0.05, 0.1) is 25.4 Å². The van der Waals surface area contributed by atoms with Gasteiger partial charge >= 0.3 is 5.97 Å².